The second kappa shape index (κ2) is 6.04. The van der Waals surface area contributed by atoms with E-state index >= 15 is 0 Å². The third kappa shape index (κ3) is 3.05. The molecule has 18 heavy (non-hydrogen) atoms. The molecular weight excluding hydrogens is 247 g/mol. The van der Waals surface area contributed by atoms with Gasteiger partial charge in [-0.25, -0.2) is 4.39 Å². The highest BCUT2D eigenvalue weighted by atomic mass is 32.2. The highest BCUT2D eigenvalue weighted by molar-refractivity contribution is 8.00. The molecule has 0 amide bonds. The van der Waals surface area contributed by atoms with Crippen LogP contribution in [0.15, 0.2) is 18.2 Å². The summed E-state index contributed by atoms with van der Waals surface area (Å²) in [5.74, 6) is 1.01. The summed E-state index contributed by atoms with van der Waals surface area (Å²) in [5, 5.41) is 0.611. The summed E-state index contributed by atoms with van der Waals surface area (Å²) in [4.78, 5) is 2.36. The quantitative estimate of drug-likeness (QED) is 0.913. The van der Waals surface area contributed by atoms with Gasteiger partial charge in [0.15, 0.2) is 0 Å². The lowest BCUT2D eigenvalue weighted by Gasteiger charge is -2.37. The lowest BCUT2D eigenvalue weighted by molar-refractivity contribution is 0.202. The fourth-order valence-corrected chi connectivity index (χ4v) is 3.48. The van der Waals surface area contributed by atoms with Gasteiger partial charge in [0.1, 0.15) is 5.82 Å². The highest BCUT2D eigenvalue weighted by Gasteiger charge is 2.25. The van der Waals surface area contributed by atoms with E-state index in [0.29, 0.717) is 24.4 Å². The normalized spacial score (nSPS) is 25.3. The predicted octanol–water partition coefficient (Wildman–Crippen LogP) is 2.61. The van der Waals surface area contributed by atoms with Crippen molar-refractivity contribution in [2.45, 2.75) is 38.2 Å². The van der Waals surface area contributed by atoms with Gasteiger partial charge in [-0.2, -0.15) is 11.8 Å². The third-order valence-electron chi connectivity index (χ3n) is 3.73. The molecule has 1 fully saturated rings. The fourth-order valence-electron chi connectivity index (χ4n) is 2.31. The Hall–Kier alpha value is -0.580. The van der Waals surface area contributed by atoms with Gasteiger partial charge >= 0.3 is 0 Å². The molecule has 100 valence electrons. The fraction of sp³-hybridized carbons (Fsp3) is 0.571. The Morgan fingerprint density at radius 2 is 2.22 bits per heavy atom. The molecule has 0 bridgehead atoms. The lowest BCUT2D eigenvalue weighted by atomic mass is 10.1. The summed E-state index contributed by atoms with van der Waals surface area (Å²) in [6.45, 7) is 6.65. The molecule has 2 rings (SSSR count). The van der Waals surface area contributed by atoms with E-state index in [1.165, 1.54) is 6.07 Å². The van der Waals surface area contributed by atoms with Crippen molar-refractivity contribution in [1.82, 2.24) is 4.90 Å². The number of hydrogen-bond acceptors (Lipinski definition) is 3. The Kier molecular flexibility index (Phi) is 4.65. The van der Waals surface area contributed by atoms with Gasteiger partial charge in [-0.1, -0.05) is 19.1 Å². The zero-order chi connectivity index (χ0) is 13.1. The van der Waals surface area contributed by atoms with Crippen LogP contribution in [0.3, 0.4) is 0 Å². The van der Waals surface area contributed by atoms with E-state index in [4.69, 9.17) is 5.73 Å². The summed E-state index contributed by atoms with van der Waals surface area (Å²) >= 11 is 2.00. The average molecular weight is 268 g/mol. The van der Waals surface area contributed by atoms with Crippen LogP contribution in [0.25, 0.3) is 0 Å². The molecule has 2 N–H and O–H groups in total. The van der Waals surface area contributed by atoms with Crippen LogP contribution in [0.5, 0.6) is 0 Å². The van der Waals surface area contributed by atoms with Gasteiger partial charge in [-0.15, -0.1) is 0 Å². The van der Waals surface area contributed by atoms with E-state index in [1.807, 2.05) is 17.8 Å². The average Bonchev–Trinajstić information content (AvgIpc) is 2.37. The Bertz CT molecular complexity index is 411. The van der Waals surface area contributed by atoms with Gasteiger partial charge in [0, 0.05) is 42.2 Å². The number of thioether (sulfide) groups is 1. The van der Waals surface area contributed by atoms with Crippen LogP contribution in [0.2, 0.25) is 0 Å². The zero-order valence-electron chi connectivity index (χ0n) is 11.0. The van der Waals surface area contributed by atoms with Gasteiger partial charge in [0.2, 0.25) is 0 Å². The molecule has 1 saturated heterocycles. The number of nitrogens with two attached hydrogens (primary N) is 1. The molecular formula is C14H21FN2S. The number of rotatable bonds is 3. The monoisotopic (exact) mass is 268 g/mol. The van der Waals surface area contributed by atoms with Gasteiger partial charge in [-0.05, 0) is 18.6 Å². The lowest BCUT2D eigenvalue weighted by Crippen LogP contribution is -2.44. The molecule has 4 heteroatoms. The molecule has 0 saturated carbocycles. The summed E-state index contributed by atoms with van der Waals surface area (Å²) < 4.78 is 13.8. The van der Waals surface area contributed by atoms with Gasteiger partial charge in [0.05, 0.1) is 0 Å². The first-order valence-electron chi connectivity index (χ1n) is 6.45. The molecule has 0 radical (unpaired) electrons. The SMILES string of the molecule is CC1SCCN(Cc2cc(CN)ccc2F)C1C. The van der Waals surface area contributed by atoms with Gasteiger partial charge in [-0.3, -0.25) is 4.90 Å². The summed E-state index contributed by atoms with van der Waals surface area (Å²) in [6, 6.07) is 5.68. The summed E-state index contributed by atoms with van der Waals surface area (Å²) in [7, 11) is 0. The van der Waals surface area contributed by atoms with E-state index in [1.54, 1.807) is 6.07 Å². The van der Waals surface area contributed by atoms with Crippen LogP contribution in [0.4, 0.5) is 4.39 Å². The molecule has 1 heterocycles. The molecule has 0 aliphatic carbocycles. The first kappa shape index (κ1) is 13.8. The maximum atomic E-state index is 13.8. The van der Waals surface area contributed by atoms with Crippen LogP contribution in [0, 0.1) is 5.82 Å². The molecule has 1 aliphatic heterocycles. The van der Waals surface area contributed by atoms with Crippen molar-refractivity contribution in [1.29, 1.82) is 0 Å². The second-order valence-electron chi connectivity index (χ2n) is 4.92. The first-order valence-corrected chi connectivity index (χ1v) is 7.49. The van der Waals surface area contributed by atoms with Crippen LogP contribution >= 0.6 is 11.8 Å². The third-order valence-corrected chi connectivity index (χ3v) is 5.07. The molecule has 2 unspecified atom stereocenters. The van der Waals surface area contributed by atoms with Crippen LogP contribution in [-0.4, -0.2) is 28.5 Å². The van der Waals surface area contributed by atoms with E-state index < -0.39 is 0 Å². The molecule has 1 aliphatic rings. The van der Waals surface area contributed by atoms with Crippen molar-refractivity contribution in [2.75, 3.05) is 12.3 Å². The van der Waals surface area contributed by atoms with E-state index in [0.717, 1.165) is 23.4 Å². The molecule has 1 aromatic carbocycles. The van der Waals surface area contributed by atoms with E-state index in [2.05, 4.69) is 18.7 Å². The van der Waals surface area contributed by atoms with Crippen molar-refractivity contribution in [3.63, 3.8) is 0 Å². The number of hydrogen-bond donors (Lipinski definition) is 1. The van der Waals surface area contributed by atoms with Crippen LogP contribution < -0.4 is 5.73 Å². The molecule has 2 atom stereocenters. The maximum absolute atomic E-state index is 13.8. The number of halogens is 1. The van der Waals surface area contributed by atoms with Gasteiger partial charge < -0.3 is 5.73 Å². The molecule has 1 aromatic rings. The van der Waals surface area contributed by atoms with Crippen molar-refractivity contribution in [3.8, 4) is 0 Å². The molecule has 2 nitrogen and oxygen atoms in total. The summed E-state index contributed by atoms with van der Waals surface area (Å²) in [6.07, 6.45) is 0. The van der Waals surface area contributed by atoms with Crippen molar-refractivity contribution >= 4 is 11.8 Å². The Balaban J connectivity index is 2.12. The summed E-state index contributed by atoms with van der Waals surface area (Å²) in [5.41, 5.74) is 7.38. The van der Waals surface area contributed by atoms with E-state index in [9.17, 15) is 4.39 Å². The van der Waals surface area contributed by atoms with Crippen molar-refractivity contribution in [3.05, 3.63) is 35.1 Å². The van der Waals surface area contributed by atoms with Crippen molar-refractivity contribution in [2.24, 2.45) is 5.73 Å². The largest absolute Gasteiger partial charge is 0.326 e. The highest BCUT2D eigenvalue weighted by Crippen LogP contribution is 2.26. The first-order chi connectivity index (χ1) is 8.61. The molecule has 0 spiro atoms. The van der Waals surface area contributed by atoms with Crippen LogP contribution in [-0.2, 0) is 13.1 Å². The van der Waals surface area contributed by atoms with Gasteiger partial charge in [0.25, 0.3) is 0 Å². The van der Waals surface area contributed by atoms with Crippen molar-refractivity contribution < 1.29 is 4.39 Å². The molecule has 0 aromatic heterocycles. The topological polar surface area (TPSA) is 29.3 Å². The van der Waals surface area contributed by atoms with Crippen LogP contribution in [0.1, 0.15) is 25.0 Å². The number of nitrogens with zero attached hydrogens (tertiary/aromatic N) is 1. The Labute approximate surface area is 113 Å². The number of benzene rings is 1. The Morgan fingerprint density at radius 3 is 2.94 bits per heavy atom. The van der Waals surface area contributed by atoms with E-state index in [-0.39, 0.29) is 5.82 Å². The minimum absolute atomic E-state index is 0.120. The maximum Gasteiger partial charge on any atom is 0.127 e. The standard InChI is InChI=1S/C14H21FN2S/c1-10-11(2)18-6-5-17(10)9-13-7-12(8-16)3-4-14(13)15/h3-4,7,10-11H,5-6,8-9,16H2,1-2H3. The minimum Gasteiger partial charge on any atom is -0.326 e. The minimum atomic E-state index is -0.120. The second-order valence-corrected chi connectivity index (χ2v) is 6.40. The predicted molar refractivity (Wildman–Crippen MR) is 76.1 cm³/mol. The zero-order valence-corrected chi connectivity index (χ0v) is 11.8. The smallest absolute Gasteiger partial charge is 0.127 e. The Morgan fingerprint density at radius 1 is 1.44 bits per heavy atom.